The van der Waals surface area contributed by atoms with Crippen LogP contribution >= 0.6 is 0 Å². The zero-order valence-electron chi connectivity index (χ0n) is 8.06. The molecule has 0 saturated heterocycles. The fourth-order valence-electron chi connectivity index (χ4n) is 0.858. The van der Waals surface area contributed by atoms with Gasteiger partial charge in [0.25, 0.3) is 0 Å². The Hall–Kier alpha value is -1.90. The van der Waals surface area contributed by atoms with Gasteiger partial charge >= 0.3 is 0 Å². The maximum Gasteiger partial charge on any atom is 0.237 e. The second-order valence-corrected chi connectivity index (χ2v) is 2.87. The predicted octanol–water partition coefficient (Wildman–Crippen LogP) is -0.409. The number of amides is 1. The van der Waals surface area contributed by atoms with Crippen molar-refractivity contribution in [1.82, 2.24) is 20.1 Å². The van der Waals surface area contributed by atoms with Crippen molar-refractivity contribution in [3.63, 3.8) is 0 Å². The van der Waals surface area contributed by atoms with Gasteiger partial charge in [0.15, 0.2) is 0 Å². The lowest BCUT2D eigenvalue weighted by molar-refractivity contribution is -0.123. The van der Waals surface area contributed by atoms with Crippen LogP contribution in [0.25, 0.3) is 0 Å². The van der Waals surface area contributed by atoms with Crippen LogP contribution in [0.4, 0.5) is 0 Å². The summed E-state index contributed by atoms with van der Waals surface area (Å²) in [6.45, 7) is 1.84. The topological polar surface area (TPSA) is 83.6 Å². The highest BCUT2D eigenvalue weighted by atomic mass is 16.1. The second kappa shape index (κ2) is 4.37. The van der Waals surface area contributed by atoms with Crippen molar-refractivity contribution in [1.29, 1.82) is 5.26 Å². The van der Waals surface area contributed by atoms with Crippen molar-refractivity contribution < 1.29 is 4.79 Å². The number of hydrogen-bond acceptors (Lipinski definition) is 4. The molecule has 1 amide bonds. The van der Waals surface area contributed by atoms with Gasteiger partial charge in [-0.1, -0.05) is 0 Å². The lowest BCUT2D eigenvalue weighted by atomic mass is 10.2. The van der Waals surface area contributed by atoms with E-state index in [1.54, 1.807) is 18.7 Å². The van der Waals surface area contributed by atoms with Gasteiger partial charge in [-0.15, -0.1) is 0 Å². The molecule has 0 aliphatic heterocycles. The monoisotopic (exact) mass is 193 g/mol. The van der Waals surface area contributed by atoms with E-state index in [0.29, 0.717) is 12.4 Å². The van der Waals surface area contributed by atoms with E-state index in [1.165, 1.54) is 6.33 Å². The Balaban J connectivity index is 2.46. The molecule has 1 aromatic rings. The number of nitrogens with one attached hydrogen (secondary N) is 1. The van der Waals surface area contributed by atoms with Crippen LogP contribution in [0, 0.1) is 17.2 Å². The van der Waals surface area contributed by atoms with Crippen molar-refractivity contribution >= 4 is 5.91 Å². The Kier molecular flexibility index (Phi) is 3.18. The third-order valence-electron chi connectivity index (χ3n) is 1.81. The molecule has 1 atom stereocenters. The van der Waals surface area contributed by atoms with Crippen molar-refractivity contribution in [3.05, 3.63) is 12.2 Å². The van der Waals surface area contributed by atoms with Crippen molar-refractivity contribution in [2.45, 2.75) is 13.5 Å². The van der Waals surface area contributed by atoms with Crippen LogP contribution in [-0.4, -0.2) is 20.7 Å². The van der Waals surface area contributed by atoms with Gasteiger partial charge in [-0.25, -0.2) is 4.98 Å². The van der Waals surface area contributed by atoms with Gasteiger partial charge in [-0.3, -0.25) is 9.48 Å². The minimum absolute atomic E-state index is 0.293. The van der Waals surface area contributed by atoms with Gasteiger partial charge in [-0.2, -0.15) is 10.4 Å². The molecule has 1 unspecified atom stereocenters. The van der Waals surface area contributed by atoms with Crippen LogP contribution in [0.3, 0.4) is 0 Å². The van der Waals surface area contributed by atoms with Crippen molar-refractivity contribution in [2.24, 2.45) is 13.0 Å². The Morgan fingerprint density at radius 1 is 1.86 bits per heavy atom. The number of aryl methyl sites for hydroxylation is 1. The van der Waals surface area contributed by atoms with Gasteiger partial charge in [-0.05, 0) is 6.92 Å². The summed E-state index contributed by atoms with van der Waals surface area (Å²) in [5.74, 6) is -0.276. The lowest BCUT2D eigenvalue weighted by Gasteiger charge is -2.04. The molecule has 6 nitrogen and oxygen atoms in total. The molecule has 0 radical (unpaired) electrons. The number of nitriles is 1. The van der Waals surface area contributed by atoms with Crippen LogP contribution < -0.4 is 5.32 Å². The molecule has 0 fully saturated rings. The number of nitrogens with zero attached hydrogens (tertiary/aromatic N) is 4. The first-order valence-electron chi connectivity index (χ1n) is 4.15. The first-order valence-corrected chi connectivity index (χ1v) is 4.15. The van der Waals surface area contributed by atoms with E-state index >= 15 is 0 Å². The number of aromatic nitrogens is 3. The summed E-state index contributed by atoms with van der Waals surface area (Å²) in [5, 5.41) is 14.9. The Morgan fingerprint density at radius 2 is 2.57 bits per heavy atom. The van der Waals surface area contributed by atoms with Crippen LogP contribution in [0.1, 0.15) is 12.7 Å². The standard InChI is InChI=1S/C8H11N5O/c1-6(3-9)8(14)10-4-7-11-5-12-13(7)2/h5-6H,4H2,1-2H3,(H,10,14). The average molecular weight is 193 g/mol. The van der Waals surface area contributed by atoms with Crippen LogP contribution in [0.5, 0.6) is 0 Å². The number of carbonyl (C=O) groups excluding carboxylic acids is 1. The molecule has 1 heterocycles. The van der Waals surface area contributed by atoms with Gasteiger partial charge in [0.05, 0.1) is 12.6 Å². The number of rotatable bonds is 3. The maximum atomic E-state index is 11.2. The fraction of sp³-hybridized carbons (Fsp3) is 0.500. The maximum absolute atomic E-state index is 11.2. The second-order valence-electron chi connectivity index (χ2n) is 2.87. The van der Waals surface area contributed by atoms with E-state index < -0.39 is 5.92 Å². The minimum atomic E-state index is -0.636. The summed E-state index contributed by atoms with van der Waals surface area (Å²) in [6.07, 6.45) is 1.41. The predicted molar refractivity (Wildman–Crippen MR) is 47.6 cm³/mol. The Bertz CT molecular complexity index is 364. The molecule has 1 aromatic heterocycles. The number of hydrogen-bond donors (Lipinski definition) is 1. The zero-order valence-corrected chi connectivity index (χ0v) is 8.06. The summed E-state index contributed by atoms with van der Waals surface area (Å²) in [4.78, 5) is 15.1. The zero-order chi connectivity index (χ0) is 10.6. The van der Waals surface area contributed by atoms with Gasteiger partial charge in [0.1, 0.15) is 18.1 Å². The first kappa shape index (κ1) is 10.2. The smallest absolute Gasteiger partial charge is 0.237 e. The van der Waals surface area contributed by atoms with Gasteiger partial charge < -0.3 is 5.32 Å². The molecule has 6 heteroatoms. The molecule has 0 saturated carbocycles. The Morgan fingerprint density at radius 3 is 3.07 bits per heavy atom. The minimum Gasteiger partial charge on any atom is -0.348 e. The summed E-state index contributed by atoms with van der Waals surface area (Å²) in [7, 11) is 1.74. The van der Waals surface area contributed by atoms with Gasteiger partial charge in [0, 0.05) is 7.05 Å². The van der Waals surface area contributed by atoms with Gasteiger partial charge in [0.2, 0.25) is 5.91 Å². The normalized spacial score (nSPS) is 11.8. The molecule has 0 aliphatic rings. The molecule has 0 aliphatic carbocycles. The first-order chi connectivity index (χ1) is 6.65. The average Bonchev–Trinajstić information content (AvgIpc) is 2.59. The highest BCUT2D eigenvalue weighted by Crippen LogP contribution is 1.94. The lowest BCUT2D eigenvalue weighted by Crippen LogP contribution is -2.29. The van der Waals surface area contributed by atoms with E-state index in [2.05, 4.69) is 15.4 Å². The molecular formula is C8H11N5O. The largest absolute Gasteiger partial charge is 0.348 e. The molecule has 74 valence electrons. The summed E-state index contributed by atoms with van der Waals surface area (Å²) in [5.41, 5.74) is 0. The third-order valence-corrected chi connectivity index (χ3v) is 1.81. The number of carbonyl (C=O) groups is 1. The van der Waals surface area contributed by atoms with E-state index in [9.17, 15) is 4.79 Å². The molecule has 0 aromatic carbocycles. The molecular weight excluding hydrogens is 182 g/mol. The van der Waals surface area contributed by atoms with E-state index in [-0.39, 0.29) is 5.91 Å². The molecule has 1 N–H and O–H groups in total. The van der Waals surface area contributed by atoms with E-state index in [1.807, 2.05) is 6.07 Å². The van der Waals surface area contributed by atoms with E-state index in [4.69, 9.17) is 5.26 Å². The fourth-order valence-corrected chi connectivity index (χ4v) is 0.858. The quantitative estimate of drug-likeness (QED) is 0.707. The molecule has 1 rings (SSSR count). The summed E-state index contributed by atoms with van der Waals surface area (Å²) < 4.78 is 1.57. The molecule has 0 bridgehead atoms. The van der Waals surface area contributed by atoms with Crippen molar-refractivity contribution in [2.75, 3.05) is 0 Å². The summed E-state index contributed by atoms with van der Waals surface area (Å²) in [6, 6.07) is 1.85. The van der Waals surface area contributed by atoms with Crippen molar-refractivity contribution in [3.8, 4) is 6.07 Å². The third kappa shape index (κ3) is 2.29. The Labute approximate surface area is 81.6 Å². The van der Waals surface area contributed by atoms with Crippen LogP contribution in [-0.2, 0) is 18.4 Å². The molecule has 0 spiro atoms. The molecule has 14 heavy (non-hydrogen) atoms. The van der Waals surface area contributed by atoms with Crippen LogP contribution in [0.2, 0.25) is 0 Å². The van der Waals surface area contributed by atoms with E-state index in [0.717, 1.165) is 0 Å². The summed E-state index contributed by atoms with van der Waals surface area (Å²) >= 11 is 0. The van der Waals surface area contributed by atoms with Crippen LogP contribution in [0.15, 0.2) is 6.33 Å². The highest BCUT2D eigenvalue weighted by Gasteiger charge is 2.11. The SMILES string of the molecule is CC(C#N)C(=O)NCc1ncnn1C. The highest BCUT2D eigenvalue weighted by molar-refractivity contribution is 5.80.